The SMILES string of the molecule is COCCNc1nn(CCOC)c2ccc(Nc3nc(N[C@H](C4CC4)[C@H](C)N)c(F)cc3C(N)=O)cc12. The predicted octanol–water partition coefficient (Wildman–Crippen LogP) is 2.66. The minimum Gasteiger partial charge on any atom is -0.383 e. The lowest BCUT2D eigenvalue weighted by molar-refractivity contribution is 0.100. The fraction of sp³-hybridized carbons (Fsp3) is 0.480. The molecule has 0 aliphatic heterocycles. The average molecular weight is 515 g/mol. The van der Waals surface area contributed by atoms with Crippen LogP contribution in [0, 0.1) is 11.7 Å². The minimum absolute atomic E-state index is 0.0251. The zero-order valence-corrected chi connectivity index (χ0v) is 21.4. The summed E-state index contributed by atoms with van der Waals surface area (Å²) in [5.41, 5.74) is 13.2. The quantitative estimate of drug-likeness (QED) is 0.204. The summed E-state index contributed by atoms with van der Waals surface area (Å²) in [6, 6.07) is 6.42. The monoisotopic (exact) mass is 514 g/mol. The summed E-state index contributed by atoms with van der Waals surface area (Å²) < 4.78 is 27.1. The summed E-state index contributed by atoms with van der Waals surface area (Å²) in [6.07, 6.45) is 2.06. The number of aromatic nitrogens is 3. The highest BCUT2D eigenvalue weighted by molar-refractivity contribution is 5.99. The second-order valence-corrected chi connectivity index (χ2v) is 9.29. The smallest absolute Gasteiger partial charge is 0.252 e. The molecule has 2 heterocycles. The van der Waals surface area contributed by atoms with Crippen molar-refractivity contribution in [3.05, 3.63) is 35.6 Å². The molecule has 37 heavy (non-hydrogen) atoms. The van der Waals surface area contributed by atoms with Crippen LogP contribution in [0.1, 0.15) is 30.1 Å². The summed E-state index contributed by atoms with van der Waals surface area (Å²) in [5.74, 6) is -0.227. The summed E-state index contributed by atoms with van der Waals surface area (Å²) >= 11 is 0. The lowest BCUT2D eigenvalue weighted by Gasteiger charge is -2.23. The second kappa shape index (κ2) is 11.7. The molecule has 0 bridgehead atoms. The van der Waals surface area contributed by atoms with Crippen LogP contribution in [0.3, 0.4) is 0 Å². The molecule has 3 aromatic rings. The van der Waals surface area contributed by atoms with Crippen LogP contribution in [0.25, 0.3) is 10.9 Å². The van der Waals surface area contributed by atoms with Crippen molar-refractivity contribution in [2.24, 2.45) is 17.4 Å². The van der Waals surface area contributed by atoms with Crippen LogP contribution in [-0.2, 0) is 16.0 Å². The van der Waals surface area contributed by atoms with Gasteiger partial charge in [0.15, 0.2) is 17.5 Å². The molecule has 4 rings (SSSR count). The number of carbonyl (C=O) groups is 1. The van der Waals surface area contributed by atoms with E-state index in [0.29, 0.717) is 43.7 Å². The molecule has 1 fully saturated rings. The Labute approximate surface area is 215 Å². The summed E-state index contributed by atoms with van der Waals surface area (Å²) in [4.78, 5) is 16.5. The Balaban J connectivity index is 1.67. The number of nitrogens with zero attached hydrogens (tertiary/aromatic N) is 3. The lowest BCUT2D eigenvalue weighted by atomic mass is 10.1. The van der Waals surface area contributed by atoms with Gasteiger partial charge in [-0.05, 0) is 49.9 Å². The summed E-state index contributed by atoms with van der Waals surface area (Å²) in [7, 11) is 3.27. The van der Waals surface area contributed by atoms with Crippen LogP contribution in [0.2, 0.25) is 0 Å². The third-order valence-electron chi connectivity index (χ3n) is 6.36. The van der Waals surface area contributed by atoms with Gasteiger partial charge in [0.2, 0.25) is 0 Å². The van der Waals surface area contributed by atoms with Crippen molar-refractivity contribution in [3.8, 4) is 0 Å². The number of fused-ring (bicyclic) bond motifs is 1. The van der Waals surface area contributed by atoms with E-state index in [-0.39, 0.29) is 29.3 Å². The number of primary amides is 1. The fourth-order valence-electron chi connectivity index (χ4n) is 4.31. The van der Waals surface area contributed by atoms with E-state index in [4.69, 9.17) is 20.9 Å². The van der Waals surface area contributed by atoms with Crippen LogP contribution in [0.4, 0.5) is 27.5 Å². The van der Waals surface area contributed by atoms with Crippen molar-refractivity contribution < 1.29 is 18.7 Å². The van der Waals surface area contributed by atoms with E-state index in [2.05, 4.69) is 26.0 Å². The Morgan fingerprint density at radius 2 is 1.95 bits per heavy atom. The molecule has 1 aliphatic rings. The van der Waals surface area contributed by atoms with E-state index in [1.54, 1.807) is 14.2 Å². The number of halogens is 1. The third-order valence-corrected chi connectivity index (χ3v) is 6.36. The predicted molar refractivity (Wildman–Crippen MR) is 142 cm³/mol. The van der Waals surface area contributed by atoms with E-state index >= 15 is 0 Å². The standard InChI is InChI=1S/C25H35FN8O3/c1-14(27)21(15-4-5-15)31-25-19(26)13-18(22(28)35)24(32-25)30-16-6-7-20-17(12-16)23(29-8-10-36-2)33-34(20)9-11-37-3/h6-7,12-15,21H,4-5,8-11,27H2,1-3H3,(H2,28,35)(H,29,33)(H2,30,31,32)/t14-,21-/m0/s1. The summed E-state index contributed by atoms with van der Waals surface area (Å²) in [5, 5.41) is 15.1. The van der Waals surface area contributed by atoms with Gasteiger partial charge in [0.1, 0.15) is 5.82 Å². The van der Waals surface area contributed by atoms with Gasteiger partial charge in [0.25, 0.3) is 5.91 Å². The van der Waals surface area contributed by atoms with Gasteiger partial charge in [-0.2, -0.15) is 5.10 Å². The van der Waals surface area contributed by atoms with Crippen molar-refractivity contribution in [2.75, 3.05) is 49.9 Å². The maximum absolute atomic E-state index is 14.9. The normalized spacial score (nSPS) is 14.9. The van der Waals surface area contributed by atoms with Gasteiger partial charge >= 0.3 is 0 Å². The van der Waals surface area contributed by atoms with Crippen molar-refractivity contribution in [3.63, 3.8) is 0 Å². The van der Waals surface area contributed by atoms with Crippen LogP contribution in [-0.4, -0.2) is 66.7 Å². The number of rotatable bonds is 14. The third kappa shape index (κ3) is 6.27. The van der Waals surface area contributed by atoms with Gasteiger partial charge in [-0.3, -0.25) is 9.48 Å². The van der Waals surface area contributed by atoms with Crippen LogP contribution < -0.4 is 27.4 Å². The van der Waals surface area contributed by atoms with Crippen LogP contribution >= 0.6 is 0 Å². The molecule has 0 radical (unpaired) electrons. The van der Waals surface area contributed by atoms with E-state index in [0.717, 1.165) is 29.8 Å². The van der Waals surface area contributed by atoms with Crippen molar-refractivity contribution in [2.45, 2.75) is 38.4 Å². The highest BCUT2D eigenvalue weighted by Gasteiger charge is 2.34. The van der Waals surface area contributed by atoms with Crippen LogP contribution in [0.5, 0.6) is 0 Å². The number of nitrogens with one attached hydrogen (secondary N) is 3. The Hall–Kier alpha value is -3.48. The largest absolute Gasteiger partial charge is 0.383 e. The van der Waals surface area contributed by atoms with Gasteiger partial charge < -0.3 is 36.9 Å². The molecule has 0 unspecified atom stereocenters. The van der Waals surface area contributed by atoms with Gasteiger partial charge in [-0.25, -0.2) is 9.37 Å². The molecule has 2 aromatic heterocycles. The molecule has 0 saturated heterocycles. The molecule has 2 atom stereocenters. The molecule has 7 N–H and O–H groups in total. The first-order valence-electron chi connectivity index (χ1n) is 12.3. The molecular weight excluding hydrogens is 479 g/mol. The first-order valence-corrected chi connectivity index (χ1v) is 12.3. The van der Waals surface area contributed by atoms with E-state index < -0.39 is 11.7 Å². The number of ether oxygens (including phenoxy) is 2. The number of methoxy groups -OCH3 is 2. The number of anilines is 4. The summed E-state index contributed by atoms with van der Waals surface area (Å²) in [6.45, 7) is 4.06. The number of pyridine rings is 1. The number of amides is 1. The Morgan fingerprint density at radius 3 is 2.59 bits per heavy atom. The molecule has 1 amide bonds. The lowest BCUT2D eigenvalue weighted by Crippen LogP contribution is -2.40. The number of carbonyl (C=O) groups excluding carboxylic acids is 1. The first-order chi connectivity index (χ1) is 17.8. The highest BCUT2D eigenvalue weighted by atomic mass is 19.1. The Bertz CT molecular complexity index is 1240. The maximum atomic E-state index is 14.9. The zero-order valence-electron chi connectivity index (χ0n) is 21.4. The Morgan fingerprint density at radius 1 is 1.19 bits per heavy atom. The molecule has 11 nitrogen and oxygen atoms in total. The van der Waals surface area contributed by atoms with E-state index in [1.807, 2.05) is 29.8 Å². The number of benzene rings is 1. The number of nitrogens with two attached hydrogens (primary N) is 2. The zero-order chi connectivity index (χ0) is 26.5. The fourth-order valence-corrected chi connectivity index (χ4v) is 4.31. The molecule has 1 aromatic carbocycles. The second-order valence-electron chi connectivity index (χ2n) is 9.29. The van der Waals surface area contributed by atoms with Crippen molar-refractivity contribution in [1.29, 1.82) is 0 Å². The van der Waals surface area contributed by atoms with E-state index in [1.165, 1.54) is 0 Å². The van der Waals surface area contributed by atoms with Gasteiger partial charge in [-0.1, -0.05) is 0 Å². The van der Waals surface area contributed by atoms with Crippen molar-refractivity contribution in [1.82, 2.24) is 14.8 Å². The minimum atomic E-state index is -0.790. The maximum Gasteiger partial charge on any atom is 0.252 e. The average Bonchev–Trinajstić information content (AvgIpc) is 3.65. The van der Waals surface area contributed by atoms with Crippen molar-refractivity contribution >= 4 is 40.0 Å². The van der Waals surface area contributed by atoms with Crippen LogP contribution in [0.15, 0.2) is 24.3 Å². The van der Waals surface area contributed by atoms with E-state index in [9.17, 15) is 9.18 Å². The molecule has 12 heteroatoms. The highest BCUT2D eigenvalue weighted by Crippen LogP contribution is 2.36. The Kier molecular flexibility index (Phi) is 8.41. The number of hydrogen-bond donors (Lipinski definition) is 5. The van der Waals surface area contributed by atoms with Gasteiger partial charge in [0, 0.05) is 43.9 Å². The van der Waals surface area contributed by atoms with Gasteiger partial charge in [0.05, 0.1) is 30.8 Å². The molecule has 1 aliphatic carbocycles. The molecule has 1 saturated carbocycles. The molecule has 200 valence electrons. The molecular formula is C25H35FN8O3. The topological polar surface area (TPSA) is 154 Å². The molecule has 0 spiro atoms. The van der Waals surface area contributed by atoms with Gasteiger partial charge in [-0.15, -0.1) is 0 Å². The first kappa shape index (κ1) is 26.6. The number of hydrogen-bond acceptors (Lipinski definition) is 9.